The van der Waals surface area contributed by atoms with Crippen molar-refractivity contribution in [3.8, 4) is 0 Å². The summed E-state index contributed by atoms with van der Waals surface area (Å²) in [6.07, 6.45) is 4.04. The van der Waals surface area contributed by atoms with Crippen molar-refractivity contribution < 1.29 is 9.47 Å². The van der Waals surface area contributed by atoms with Gasteiger partial charge in [-0.2, -0.15) is 0 Å². The van der Waals surface area contributed by atoms with E-state index in [0.717, 1.165) is 38.0 Å². The van der Waals surface area contributed by atoms with Gasteiger partial charge in [0.05, 0.1) is 12.6 Å². The van der Waals surface area contributed by atoms with Gasteiger partial charge in [0, 0.05) is 54.5 Å². The third-order valence-electron chi connectivity index (χ3n) is 5.13. The molecule has 1 atom stereocenters. The number of rotatable bonds is 5. The molecule has 23 heavy (non-hydrogen) atoms. The Morgan fingerprint density at radius 2 is 2.22 bits per heavy atom. The summed E-state index contributed by atoms with van der Waals surface area (Å²) < 4.78 is 12.1. The van der Waals surface area contributed by atoms with E-state index in [0.29, 0.717) is 10.9 Å². The lowest BCUT2D eigenvalue weighted by Gasteiger charge is -2.47. The highest BCUT2D eigenvalue weighted by Gasteiger charge is 2.49. The predicted molar refractivity (Wildman–Crippen MR) is 95.2 cm³/mol. The van der Waals surface area contributed by atoms with E-state index < -0.39 is 0 Å². The minimum atomic E-state index is 0.465. The van der Waals surface area contributed by atoms with Crippen molar-refractivity contribution in [1.82, 2.24) is 9.88 Å². The Balaban J connectivity index is 1.19. The zero-order chi connectivity index (χ0) is 15.7. The monoisotopic (exact) mass is 354 g/mol. The molecule has 4 rings (SSSR count). The van der Waals surface area contributed by atoms with Crippen LogP contribution in [0.3, 0.4) is 0 Å². The number of aryl methyl sites for hydroxylation is 1. The van der Waals surface area contributed by atoms with Crippen molar-refractivity contribution in [3.63, 3.8) is 0 Å². The maximum atomic E-state index is 6.23. The molecular formula is C17H26N2O2S2. The average Bonchev–Trinajstić information content (AvgIpc) is 3.13. The lowest BCUT2D eigenvalue weighted by molar-refractivity contribution is -0.0133. The lowest BCUT2D eigenvalue weighted by Crippen LogP contribution is -2.58. The van der Waals surface area contributed by atoms with Gasteiger partial charge in [0.1, 0.15) is 5.01 Å². The molecule has 128 valence electrons. The predicted octanol–water partition coefficient (Wildman–Crippen LogP) is 2.95. The molecular weight excluding hydrogens is 328 g/mol. The fourth-order valence-electron chi connectivity index (χ4n) is 3.86. The Morgan fingerprint density at radius 3 is 2.96 bits per heavy atom. The molecule has 0 aromatic carbocycles. The first-order valence-electron chi connectivity index (χ1n) is 8.67. The van der Waals surface area contributed by atoms with Gasteiger partial charge in [-0.1, -0.05) is 0 Å². The first kappa shape index (κ1) is 16.3. The van der Waals surface area contributed by atoms with E-state index in [1.807, 2.05) is 0 Å². The Morgan fingerprint density at radius 1 is 1.39 bits per heavy atom. The second kappa shape index (κ2) is 7.00. The molecule has 0 N–H and O–H groups in total. The third kappa shape index (κ3) is 3.93. The van der Waals surface area contributed by atoms with Crippen LogP contribution in [0.5, 0.6) is 0 Å². The maximum Gasteiger partial charge on any atom is 0.107 e. The zero-order valence-corrected chi connectivity index (χ0v) is 15.5. The summed E-state index contributed by atoms with van der Waals surface area (Å²) in [7, 11) is 0. The van der Waals surface area contributed by atoms with Crippen LogP contribution in [0.4, 0.5) is 0 Å². The van der Waals surface area contributed by atoms with Gasteiger partial charge in [-0.05, 0) is 32.1 Å². The molecule has 3 fully saturated rings. The van der Waals surface area contributed by atoms with E-state index in [4.69, 9.17) is 9.47 Å². The molecule has 0 bridgehead atoms. The van der Waals surface area contributed by atoms with E-state index in [-0.39, 0.29) is 0 Å². The van der Waals surface area contributed by atoms with Gasteiger partial charge in [0.25, 0.3) is 0 Å². The average molecular weight is 355 g/mol. The summed E-state index contributed by atoms with van der Waals surface area (Å²) in [4.78, 5) is 7.11. The highest BCUT2D eigenvalue weighted by molar-refractivity contribution is 8.01. The topological polar surface area (TPSA) is 34.6 Å². The van der Waals surface area contributed by atoms with Gasteiger partial charge >= 0.3 is 0 Å². The molecule has 0 aliphatic carbocycles. The molecule has 1 unspecified atom stereocenters. The number of aromatic nitrogens is 1. The van der Waals surface area contributed by atoms with Crippen molar-refractivity contribution in [2.24, 2.45) is 5.92 Å². The van der Waals surface area contributed by atoms with Crippen LogP contribution in [0.2, 0.25) is 0 Å². The van der Waals surface area contributed by atoms with Gasteiger partial charge in [0.2, 0.25) is 0 Å². The normalized spacial score (nSPS) is 28.3. The van der Waals surface area contributed by atoms with Crippen molar-refractivity contribution >= 4 is 23.1 Å². The van der Waals surface area contributed by atoms with Crippen molar-refractivity contribution in [2.45, 2.75) is 43.6 Å². The second-order valence-electron chi connectivity index (χ2n) is 7.24. The van der Waals surface area contributed by atoms with Crippen LogP contribution in [0.1, 0.15) is 30.0 Å². The largest absolute Gasteiger partial charge is 0.381 e. The third-order valence-corrected chi connectivity index (χ3v) is 7.66. The Hall–Kier alpha value is -0.140. The van der Waals surface area contributed by atoms with Crippen LogP contribution < -0.4 is 0 Å². The SMILES string of the molecule is Cc1csc(CN2CC3(CC(OCC4CCOCC4)CS3)C2)n1. The second-order valence-corrected chi connectivity index (χ2v) is 9.67. The van der Waals surface area contributed by atoms with Crippen molar-refractivity contribution in [1.29, 1.82) is 0 Å². The minimum absolute atomic E-state index is 0.465. The van der Waals surface area contributed by atoms with Crippen molar-refractivity contribution in [3.05, 3.63) is 16.1 Å². The smallest absolute Gasteiger partial charge is 0.107 e. The number of hydrogen-bond acceptors (Lipinski definition) is 6. The number of likely N-dealkylation sites (tertiary alicyclic amines) is 1. The molecule has 3 aliphatic heterocycles. The summed E-state index contributed by atoms with van der Waals surface area (Å²) >= 11 is 3.93. The van der Waals surface area contributed by atoms with Gasteiger partial charge in [0.15, 0.2) is 0 Å². The summed E-state index contributed by atoms with van der Waals surface area (Å²) in [5.74, 6) is 1.89. The molecule has 3 aliphatic rings. The van der Waals surface area contributed by atoms with Crippen LogP contribution in [0.25, 0.3) is 0 Å². The fourth-order valence-corrected chi connectivity index (χ4v) is 6.28. The van der Waals surface area contributed by atoms with Gasteiger partial charge < -0.3 is 9.47 Å². The summed E-state index contributed by atoms with van der Waals surface area (Å²) in [5, 5.41) is 3.41. The number of thioether (sulfide) groups is 1. The molecule has 1 spiro atoms. The van der Waals surface area contributed by atoms with E-state index in [9.17, 15) is 0 Å². The number of hydrogen-bond donors (Lipinski definition) is 0. The lowest BCUT2D eigenvalue weighted by atomic mass is 9.93. The minimum Gasteiger partial charge on any atom is -0.381 e. The number of nitrogens with zero attached hydrogens (tertiary/aromatic N) is 2. The van der Waals surface area contributed by atoms with E-state index in [1.165, 1.54) is 43.1 Å². The zero-order valence-electron chi connectivity index (χ0n) is 13.8. The summed E-state index contributed by atoms with van der Waals surface area (Å²) in [6.45, 7) is 8.28. The number of ether oxygens (including phenoxy) is 2. The first-order valence-corrected chi connectivity index (χ1v) is 10.5. The summed E-state index contributed by atoms with van der Waals surface area (Å²) in [5.41, 5.74) is 1.15. The molecule has 4 nitrogen and oxygen atoms in total. The van der Waals surface area contributed by atoms with E-state index >= 15 is 0 Å². The molecule has 0 amide bonds. The van der Waals surface area contributed by atoms with E-state index in [1.54, 1.807) is 11.3 Å². The van der Waals surface area contributed by atoms with E-state index in [2.05, 4.69) is 33.9 Å². The molecule has 0 saturated carbocycles. The Labute approximate surface area is 146 Å². The highest BCUT2D eigenvalue weighted by atomic mass is 32.2. The van der Waals surface area contributed by atoms with Gasteiger partial charge in [-0.3, -0.25) is 4.90 Å². The molecule has 4 heterocycles. The van der Waals surface area contributed by atoms with Crippen LogP contribution in [0, 0.1) is 12.8 Å². The Bertz CT molecular complexity index is 524. The van der Waals surface area contributed by atoms with Gasteiger partial charge in [-0.25, -0.2) is 4.98 Å². The molecule has 0 radical (unpaired) electrons. The highest BCUT2D eigenvalue weighted by Crippen LogP contribution is 2.46. The molecule has 3 saturated heterocycles. The molecule has 1 aromatic rings. The standard InChI is InChI=1S/C17H26N2O2S2/c1-13-9-22-16(18-13)7-19-11-17(12-19)6-15(10-23-17)21-8-14-2-4-20-5-3-14/h9,14-15H,2-8,10-12H2,1H3. The quantitative estimate of drug-likeness (QED) is 0.812. The maximum absolute atomic E-state index is 6.23. The Kier molecular flexibility index (Phi) is 4.97. The first-order chi connectivity index (χ1) is 11.2. The van der Waals surface area contributed by atoms with Gasteiger partial charge in [-0.15, -0.1) is 23.1 Å². The molecule has 1 aromatic heterocycles. The van der Waals surface area contributed by atoms with Crippen LogP contribution in [-0.2, 0) is 16.0 Å². The van der Waals surface area contributed by atoms with Crippen LogP contribution in [0.15, 0.2) is 5.38 Å². The summed E-state index contributed by atoms with van der Waals surface area (Å²) in [6, 6.07) is 0. The fraction of sp³-hybridized carbons (Fsp3) is 0.824. The van der Waals surface area contributed by atoms with Crippen LogP contribution >= 0.6 is 23.1 Å². The molecule has 6 heteroatoms. The number of thiazole rings is 1. The van der Waals surface area contributed by atoms with Crippen molar-refractivity contribution in [2.75, 3.05) is 38.7 Å². The van der Waals surface area contributed by atoms with Crippen LogP contribution in [-0.4, -0.2) is 59.4 Å².